The molecule has 1 aromatic heterocycles. The Morgan fingerprint density at radius 3 is 2.17 bits per heavy atom. The van der Waals surface area contributed by atoms with Crippen LogP contribution in [0.25, 0.3) is 11.3 Å². The Labute approximate surface area is 196 Å². The molecule has 3 aromatic rings. The predicted molar refractivity (Wildman–Crippen MR) is 124 cm³/mol. The summed E-state index contributed by atoms with van der Waals surface area (Å²) in [6, 6.07) is 10.5. The number of carbonyl (C=O) groups is 2. The molecule has 0 radical (unpaired) electrons. The number of carboxylic acids is 2. The van der Waals surface area contributed by atoms with Crippen LogP contribution in [0.15, 0.2) is 49.9 Å². The standard InChI is InChI=1S/C11H5Br3N2.C9H9NO4/c12-7-3-8(13)10(9(14)4-7)11-6(5-15)1-2-16-11;1-4-2-3-5(8(11)12)7(10)6(4)9(13)14/h1-4,16H;2-3H,10H2,1H3,(H,11,12)(H,13,14). The van der Waals surface area contributed by atoms with Gasteiger partial charge in [0.1, 0.15) is 6.07 Å². The SMILES string of the molecule is Cc1ccc(C(=O)O)c(N)c1C(=O)O.N#Cc1cc[nH]c1-c1c(Br)cc(Br)cc1Br. The number of H-pyrrole nitrogens is 1. The minimum Gasteiger partial charge on any atom is -0.478 e. The highest BCUT2D eigenvalue weighted by molar-refractivity contribution is 9.11. The number of nitrogens with one attached hydrogen (secondary N) is 1. The van der Waals surface area contributed by atoms with Crippen LogP contribution in [-0.2, 0) is 0 Å². The Morgan fingerprint density at radius 2 is 1.67 bits per heavy atom. The molecule has 0 aliphatic heterocycles. The van der Waals surface area contributed by atoms with Crippen molar-refractivity contribution in [2.75, 3.05) is 5.73 Å². The van der Waals surface area contributed by atoms with Gasteiger partial charge in [0.05, 0.1) is 28.1 Å². The number of nitrogen functional groups attached to an aromatic ring is 1. The molecule has 1 heterocycles. The molecule has 0 aliphatic rings. The van der Waals surface area contributed by atoms with E-state index in [4.69, 9.17) is 21.2 Å². The lowest BCUT2D eigenvalue weighted by molar-refractivity contribution is 0.0695. The molecule has 0 saturated heterocycles. The lowest BCUT2D eigenvalue weighted by Crippen LogP contribution is -2.10. The van der Waals surface area contributed by atoms with E-state index in [-0.39, 0.29) is 16.8 Å². The number of aromatic amines is 1. The van der Waals surface area contributed by atoms with E-state index in [0.29, 0.717) is 11.1 Å². The molecule has 0 bridgehead atoms. The van der Waals surface area contributed by atoms with E-state index in [9.17, 15) is 9.59 Å². The van der Waals surface area contributed by atoms with Gasteiger partial charge in [-0.1, -0.05) is 53.9 Å². The fraction of sp³-hybridized carbons (Fsp3) is 0.0500. The summed E-state index contributed by atoms with van der Waals surface area (Å²) in [5.74, 6) is -2.45. The van der Waals surface area contributed by atoms with E-state index >= 15 is 0 Å². The number of benzene rings is 2. The molecule has 0 fully saturated rings. The van der Waals surface area contributed by atoms with Crippen LogP contribution in [0.5, 0.6) is 0 Å². The number of nitriles is 1. The first kappa shape index (κ1) is 23.7. The third-order valence-corrected chi connectivity index (χ3v) is 5.73. The van der Waals surface area contributed by atoms with Gasteiger partial charge < -0.3 is 20.9 Å². The molecule has 0 atom stereocenters. The van der Waals surface area contributed by atoms with Crippen LogP contribution < -0.4 is 5.73 Å². The van der Waals surface area contributed by atoms with Gasteiger partial charge in [-0.3, -0.25) is 0 Å². The maximum absolute atomic E-state index is 10.7. The topological polar surface area (TPSA) is 140 Å². The molecule has 0 saturated carbocycles. The van der Waals surface area contributed by atoms with E-state index in [2.05, 4.69) is 58.8 Å². The van der Waals surface area contributed by atoms with Crippen LogP contribution in [0.3, 0.4) is 0 Å². The van der Waals surface area contributed by atoms with Crippen molar-refractivity contribution < 1.29 is 19.8 Å². The largest absolute Gasteiger partial charge is 0.478 e. The molecular formula is C20H14Br3N3O4. The Morgan fingerprint density at radius 1 is 1.07 bits per heavy atom. The number of anilines is 1. The number of hydrogen-bond acceptors (Lipinski definition) is 4. The fourth-order valence-corrected chi connectivity index (χ4v) is 5.30. The van der Waals surface area contributed by atoms with Gasteiger partial charge in [-0.2, -0.15) is 5.26 Å². The van der Waals surface area contributed by atoms with Gasteiger partial charge in [-0.05, 0) is 36.8 Å². The highest BCUT2D eigenvalue weighted by Crippen LogP contribution is 2.38. The zero-order chi connectivity index (χ0) is 22.6. The third kappa shape index (κ3) is 5.11. The molecule has 3 rings (SSSR count). The first-order valence-electron chi connectivity index (χ1n) is 8.16. The molecule has 0 amide bonds. The molecule has 7 nitrogen and oxygen atoms in total. The monoisotopic (exact) mass is 597 g/mol. The lowest BCUT2D eigenvalue weighted by atomic mass is 10.0. The number of aryl methyl sites for hydroxylation is 1. The predicted octanol–water partition coefficient (Wildman–Crippen LogP) is 5.81. The van der Waals surface area contributed by atoms with Crippen molar-refractivity contribution in [2.45, 2.75) is 6.92 Å². The third-order valence-electron chi connectivity index (χ3n) is 4.02. The lowest BCUT2D eigenvalue weighted by Gasteiger charge is -2.07. The molecule has 2 aromatic carbocycles. The number of nitrogens with zero attached hydrogens (tertiary/aromatic N) is 1. The van der Waals surface area contributed by atoms with E-state index in [1.54, 1.807) is 19.2 Å². The van der Waals surface area contributed by atoms with Gasteiger partial charge in [-0.25, -0.2) is 9.59 Å². The van der Waals surface area contributed by atoms with Crippen molar-refractivity contribution in [1.82, 2.24) is 4.98 Å². The number of rotatable bonds is 3. The zero-order valence-corrected chi connectivity index (χ0v) is 20.1. The van der Waals surface area contributed by atoms with Crippen molar-refractivity contribution >= 4 is 65.4 Å². The number of halogens is 3. The maximum atomic E-state index is 10.7. The first-order valence-corrected chi connectivity index (χ1v) is 10.5. The number of carboxylic acid groups (broad SMARTS) is 2. The van der Waals surface area contributed by atoms with Crippen molar-refractivity contribution in [3.8, 4) is 17.3 Å². The average Bonchev–Trinajstić information content (AvgIpc) is 3.09. The van der Waals surface area contributed by atoms with Gasteiger partial charge in [0, 0.05) is 25.2 Å². The minimum atomic E-state index is -1.23. The summed E-state index contributed by atoms with van der Waals surface area (Å²) < 4.78 is 2.82. The van der Waals surface area contributed by atoms with E-state index in [1.807, 2.05) is 12.1 Å². The zero-order valence-electron chi connectivity index (χ0n) is 15.3. The Balaban J connectivity index is 0.000000216. The number of aromatic carboxylic acids is 2. The average molecular weight is 600 g/mol. The second-order valence-corrected chi connectivity index (χ2v) is 8.58. The molecule has 0 spiro atoms. The Hall–Kier alpha value is -2.61. The van der Waals surface area contributed by atoms with Crippen molar-refractivity contribution in [1.29, 1.82) is 5.26 Å². The second-order valence-electron chi connectivity index (χ2n) is 5.95. The summed E-state index contributed by atoms with van der Waals surface area (Å²) in [6.07, 6.45) is 1.76. The quantitative estimate of drug-likeness (QED) is 0.280. The molecule has 30 heavy (non-hydrogen) atoms. The summed E-state index contributed by atoms with van der Waals surface area (Å²) in [5, 5.41) is 26.5. The molecule has 5 N–H and O–H groups in total. The van der Waals surface area contributed by atoms with Crippen LogP contribution in [0, 0.1) is 18.3 Å². The summed E-state index contributed by atoms with van der Waals surface area (Å²) in [7, 11) is 0. The van der Waals surface area contributed by atoms with Crippen molar-refractivity contribution in [2.24, 2.45) is 0 Å². The Kier molecular flexibility index (Phi) is 7.83. The number of aromatic nitrogens is 1. The van der Waals surface area contributed by atoms with Crippen molar-refractivity contribution in [3.63, 3.8) is 0 Å². The van der Waals surface area contributed by atoms with E-state index in [1.165, 1.54) is 12.1 Å². The fourth-order valence-electron chi connectivity index (χ4n) is 2.65. The van der Waals surface area contributed by atoms with Gasteiger partial charge in [0.2, 0.25) is 0 Å². The minimum absolute atomic E-state index is 0.148. The second kappa shape index (κ2) is 9.93. The van der Waals surface area contributed by atoms with E-state index in [0.717, 1.165) is 24.7 Å². The van der Waals surface area contributed by atoms with Gasteiger partial charge in [0.25, 0.3) is 0 Å². The Bertz CT molecular complexity index is 1160. The number of nitrogens with two attached hydrogens (primary N) is 1. The summed E-state index contributed by atoms with van der Waals surface area (Å²) in [4.78, 5) is 24.5. The summed E-state index contributed by atoms with van der Waals surface area (Å²) in [6.45, 7) is 1.56. The molecule has 0 aliphatic carbocycles. The molecule has 10 heteroatoms. The summed E-state index contributed by atoms with van der Waals surface area (Å²) >= 11 is 10.4. The summed E-state index contributed by atoms with van der Waals surface area (Å²) in [5.41, 5.74) is 7.72. The van der Waals surface area contributed by atoms with Crippen LogP contribution in [0.2, 0.25) is 0 Å². The maximum Gasteiger partial charge on any atom is 0.338 e. The van der Waals surface area contributed by atoms with Gasteiger partial charge in [-0.15, -0.1) is 0 Å². The highest BCUT2D eigenvalue weighted by atomic mass is 79.9. The smallest absolute Gasteiger partial charge is 0.338 e. The van der Waals surface area contributed by atoms with Gasteiger partial charge >= 0.3 is 11.9 Å². The molecule has 154 valence electrons. The molecule has 0 unspecified atom stereocenters. The van der Waals surface area contributed by atoms with Crippen LogP contribution in [0.4, 0.5) is 5.69 Å². The first-order chi connectivity index (χ1) is 14.1. The number of hydrogen-bond donors (Lipinski definition) is 4. The normalized spacial score (nSPS) is 9.97. The van der Waals surface area contributed by atoms with Crippen LogP contribution in [0.1, 0.15) is 31.8 Å². The molecular weight excluding hydrogens is 586 g/mol. The van der Waals surface area contributed by atoms with Crippen LogP contribution >= 0.6 is 47.8 Å². The highest BCUT2D eigenvalue weighted by Gasteiger charge is 2.18. The van der Waals surface area contributed by atoms with Crippen LogP contribution in [-0.4, -0.2) is 27.1 Å². The van der Waals surface area contributed by atoms with Gasteiger partial charge in [0.15, 0.2) is 0 Å². The van der Waals surface area contributed by atoms with Crippen molar-refractivity contribution in [3.05, 3.63) is 72.2 Å². The van der Waals surface area contributed by atoms with E-state index < -0.39 is 11.9 Å².